The first-order valence-corrected chi connectivity index (χ1v) is 8.80. The van der Waals surface area contributed by atoms with Crippen LogP contribution >= 0.6 is 11.6 Å². The Morgan fingerprint density at radius 2 is 2.04 bits per heavy atom. The zero-order valence-electron chi connectivity index (χ0n) is 15.1. The number of ether oxygens (including phenoxy) is 1. The fraction of sp³-hybridized carbons (Fsp3) is 0.263. The van der Waals surface area contributed by atoms with Crippen molar-refractivity contribution in [1.82, 2.24) is 25.1 Å². The summed E-state index contributed by atoms with van der Waals surface area (Å²) in [7, 11) is 3.33. The number of nitrogens with zero attached hydrogens (tertiary/aromatic N) is 5. The van der Waals surface area contributed by atoms with Crippen molar-refractivity contribution >= 4 is 17.5 Å². The number of hydrogen-bond donors (Lipinski definition) is 0. The molecule has 0 aliphatic carbocycles. The van der Waals surface area contributed by atoms with Crippen LogP contribution in [-0.4, -0.2) is 45.2 Å². The van der Waals surface area contributed by atoms with E-state index in [9.17, 15) is 4.79 Å². The Morgan fingerprint density at radius 1 is 1.26 bits per heavy atom. The van der Waals surface area contributed by atoms with E-state index in [2.05, 4.69) is 15.5 Å². The second kappa shape index (κ2) is 8.64. The fourth-order valence-electron chi connectivity index (χ4n) is 2.90. The average Bonchev–Trinajstić information content (AvgIpc) is 3.21. The highest BCUT2D eigenvalue weighted by Crippen LogP contribution is 2.25. The fourth-order valence-corrected chi connectivity index (χ4v) is 3.10. The smallest absolute Gasteiger partial charge is 0.247 e. The maximum atomic E-state index is 13.2. The lowest BCUT2D eigenvalue weighted by Crippen LogP contribution is -2.35. The predicted molar refractivity (Wildman–Crippen MR) is 101 cm³/mol. The Morgan fingerprint density at radius 3 is 2.70 bits per heavy atom. The van der Waals surface area contributed by atoms with Crippen molar-refractivity contribution in [3.05, 3.63) is 71.0 Å². The van der Waals surface area contributed by atoms with Crippen LogP contribution in [0.3, 0.4) is 0 Å². The third-order valence-electron chi connectivity index (χ3n) is 4.27. The molecule has 1 unspecified atom stereocenters. The minimum Gasteiger partial charge on any atom is -0.496 e. The minimum atomic E-state index is -0.544. The topological polar surface area (TPSA) is 73.1 Å². The van der Waals surface area contributed by atoms with Gasteiger partial charge >= 0.3 is 0 Å². The molecule has 3 rings (SSSR count). The zero-order chi connectivity index (χ0) is 19.2. The molecule has 1 aromatic heterocycles. The van der Waals surface area contributed by atoms with Crippen LogP contribution in [0.5, 0.6) is 5.75 Å². The Hall–Kier alpha value is -2.93. The molecule has 0 aliphatic heterocycles. The molecule has 0 radical (unpaired) electrons. The monoisotopic (exact) mass is 385 g/mol. The van der Waals surface area contributed by atoms with E-state index in [1.54, 1.807) is 37.3 Å². The summed E-state index contributed by atoms with van der Waals surface area (Å²) in [6.07, 6.45) is 1.95. The highest BCUT2D eigenvalue weighted by Gasteiger charge is 2.26. The zero-order valence-corrected chi connectivity index (χ0v) is 15.9. The third-order valence-corrected chi connectivity index (χ3v) is 4.50. The highest BCUT2D eigenvalue weighted by molar-refractivity contribution is 6.30. The molecule has 0 spiro atoms. The maximum absolute atomic E-state index is 13.2. The van der Waals surface area contributed by atoms with Gasteiger partial charge in [0.15, 0.2) is 0 Å². The number of halogens is 1. The van der Waals surface area contributed by atoms with Crippen molar-refractivity contribution in [3.8, 4) is 5.75 Å². The van der Waals surface area contributed by atoms with Gasteiger partial charge in [-0.1, -0.05) is 41.9 Å². The first kappa shape index (κ1) is 18.8. The average molecular weight is 386 g/mol. The molecule has 1 atom stereocenters. The normalized spacial score (nSPS) is 11.8. The van der Waals surface area contributed by atoms with Crippen LogP contribution in [0.2, 0.25) is 5.02 Å². The summed E-state index contributed by atoms with van der Waals surface area (Å²) in [4.78, 5) is 14.8. The van der Waals surface area contributed by atoms with Gasteiger partial charge in [-0.15, -0.1) is 5.10 Å². The summed E-state index contributed by atoms with van der Waals surface area (Å²) in [5.41, 5.74) is 1.86. The summed E-state index contributed by atoms with van der Waals surface area (Å²) < 4.78 is 6.86. The van der Waals surface area contributed by atoms with Gasteiger partial charge in [0.05, 0.1) is 7.11 Å². The highest BCUT2D eigenvalue weighted by atomic mass is 35.5. The van der Waals surface area contributed by atoms with E-state index < -0.39 is 6.04 Å². The summed E-state index contributed by atoms with van der Waals surface area (Å²) in [6.45, 7) is 0.357. The van der Waals surface area contributed by atoms with Gasteiger partial charge in [-0.25, -0.2) is 4.68 Å². The number of aromatic nitrogens is 4. The first-order chi connectivity index (χ1) is 13.1. The van der Waals surface area contributed by atoms with Crippen LogP contribution in [0.4, 0.5) is 0 Å². The molecule has 0 saturated carbocycles. The molecule has 0 N–H and O–H groups in total. The van der Waals surface area contributed by atoms with Gasteiger partial charge in [0.1, 0.15) is 18.1 Å². The quantitative estimate of drug-likeness (QED) is 0.625. The molecule has 0 fully saturated rings. The molecule has 0 bridgehead atoms. The number of likely N-dealkylation sites (N-methyl/N-ethyl adjacent to an activating group) is 1. The van der Waals surface area contributed by atoms with E-state index in [-0.39, 0.29) is 5.91 Å². The minimum absolute atomic E-state index is 0.104. The molecular formula is C19H20ClN5O2. The lowest BCUT2D eigenvalue weighted by Gasteiger charge is -2.24. The van der Waals surface area contributed by atoms with Gasteiger partial charge in [0.25, 0.3) is 0 Å². The van der Waals surface area contributed by atoms with Crippen LogP contribution in [0, 0.1) is 0 Å². The second-order valence-electron chi connectivity index (χ2n) is 6.15. The number of rotatable bonds is 7. The second-order valence-corrected chi connectivity index (χ2v) is 6.58. The van der Waals surface area contributed by atoms with Crippen molar-refractivity contribution in [2.24, 2.45) is 0 Å². The molecule has 0 saturated heterocycles. The number of tetrazole rings is 1. The molecule has 140 valence electrons. The molecule has 1 amide bonds. The number of hydrogen-bond acceptors (Lipinski definition) is 5. The SMILES string of the molecule is COc1ccc(Cl)cc1CN(C)C(=O)C(Cc1ccccc1)n1cnnn1. The number of carbonyl (C=O) groups is 1. The summed E-state index contributed by atoms with van der Waals surface area (Å²) in [6, 6.07) is 14.6. The molecule has 3 aromatic rings. The lowest BCUT2D eigenvalue weighted by molar-refractivity contribution is -0.134. The Bertz CT molecular complexity index is 886. The Balaban J connectivity index is 1.82. The van der Waals surface area contributed by atoms with Gasteiger partial charge in [-0.05, 0) is 34.2 Å². The molecule has 27 heavy (non-hydrogen) atoms. The lowest BCUT2D eigenvalue weighted by atomic mass is 10.0. The van der Waals surface area contributed by atoms with Crippen molar-refractivity contribution in [3.63, 3.8) is 0 Å². The molecule has 7 nitrogen and oxygen atoms in total. The van der Waals surface area contributed by atoms with E-state index in [1.165, 1.54) is 11.0 Å². The van der Waals surface area contributed by atoms with E-state index >= 15 is 0 Å². The molecule has 2 aromatic carbocycles. The largest absolute Gasteiger partial charge is 0.496 e. The standard InChI is InChI=1S/C19H20ClN5O2/c1-24(12-15-11-16(20)8-9-18(15)27-2)19(26)17(25-13-21-22-23-25)10-14-6-4-3-5-7-14/h3-9,11,13,17H,10,12H2,1-2H3. The molecular weight excluding hydrogens is 366 g/mol. The van der Waals surface area contributed by atoms with Gasteiger partial charge in [0, 0.05) is 30.6 Å². The maximum Gasteiger partial charge on any atom is 0.247 e. The number of amides is 1. The summed E-state index contributed by atoms with van der Waals surface area (Å²) >= 11 is 6.10. The van der Waals surface area contributed by atoms with Crippen LogP contribution in [0.15, 0.2) is 54.9 Å². The summed E-state index contributed by atoms with van der Waals surface area (Å²) in [5, 5.41) is 11.9. The predicted octanol–water partition coefficient (Wildman–Crippen LogP) is 2.78. The molecule has 0 aliphatic rings. The summed E-state index contributed by atoms with van der Waals surface area (Å²) in [5.74, 6) is 0.578. The van der Waals surface area contributed by atoms with Crippen molar-refractivity contribution < 1.29 is 9.53 Å². The number of carbonyl (C=O) groups excluding carboxylic acids is 1. The Labute approximate surface area is 162 Å². The van der Waals surface area contributed by atoms with Gasteiger partial charge in [-0.3, -0.25) is 4.79 Å². The van der Waals surface area contributed by atoms with E-state index in [1.807, 2.05) is 30.3 Å². The van der Waals surface area contributed by atoms with Crippen molar-refractivity contribution in [1.29, 1.82) is 0 Å². The van der Waals surface area contributed by atoms with E-state index in [4.69, 9.17) is 16.3 Å². The van der Waals surface area contributed by atoms with Crippen molar-refractivity contribution in [2.75, 3.05) is 14.2 Å². The Kier molecular flexibility index (Phi) is 6.03. The van der Waals surface area contributed by atoms with Crippen LogP contribution in [-0.2, 0) is 17.8 Å². The van der Waals surface area contributed by atoms with Gasteiger partial charge in [-0.2, -0.15) is 0 Å². The molecule has 1 heterocycles. The number of methoxy groups -OCH3 is 1. The van der Waals surface area contributed by atoms with Gasteiger partial charge < -0.3 is 9.64 Å². The van der Waals surface area contributed by atoms with Crippen LogP contribution in [0.25, 0.3) is 0 Å². The third kappa shape index (κ3) is 4.62. The molecule has 8 heteroatoms. The van der Waals surface area contributed by atoms with E-state index in [0.29, 0.717) is 23.7 Å². The first-order valence-electron chi connectivity index (χ1n) is 8.42. The van der Waals surface area contributed by atoms with Crippen LogP contribution in [0.1, 0.15) is 17.2 Å². The number of benzene rings is 2. The van der Waals surface area contributed by atoms with Crippen molar-refractivity contribution in [2.45, 2.75) is 19.0 Å². The van der Waals surface area contributed by atoms with E-state index in [0.717, 1.165) is 11.1 Å². The van der Waals surface area contributed by atoms with Gasteiger partial charge in [0.2, 0.25) is 5.91 Å². The van der Waals surface area contributed by atoms with Crippen LogP contribution < -0.4 is 4.74 Å².